The zero-order valence-electron chi connectivity index (χ0n) is 13.4. The highest BCUT2D eigenvalue weighted by atomic mass is 32.2. The van der Waals surface area contributed by atoms with Gasteiger partial charge in [-0.1, -0.05) is 13.8 Å². The Bertz CT molecular complexity index is 950. The second-order valence-electron chi connectivity index (χ2n) is 5.88. The van der Waals surface area contributed by atoms with E-state index in [9.17, 15) is 8.42 Å². The lowest BCUT2D eigenvalue weighted by Gasteiger charge is -2.08. The van der Waals surface area contributed by atoms with E-state index < -0.39 is 10.0 Å². The van der Waals surface area contributed by atoms with Crippen LogP contribution in [0.2, 0.25) is 0 Å². The fourth-order valence-corrected chi connectivity index (χ4v) is 3.93. The summed E-state index contributed by atoms with van der Waals surface area (Å²) in [7, 11) is -3.69. The Morgan fingerprint density at radius 3 is 2.57 bits per heavy atom. The molecule has 0 radical (unpaired) electrons. The van der Waals surface area contributed by atoms with Gasteiger partial charge >= 0.3 is 0 Å². The van der Waals surface area contributed by atoms with Crippen LogP contribution in [0.15, 0.2) is 23.1 Å². The van der Waals surface area contributed by atoms with Crippen LogP contribution < -0.4 is 4.72 Å². The van der Waals surface area contributed by atoms with Gasteiger partial charge in [0.15, 0.2) is 0 Å². The molecule has 7 nitrogen and oxygen atoms in total. The minimum absolute atomic E-state index is 0.185. The lowest BCUT2D eigenvalue weighted by atomic mass is 10.2. The number of hydrogen-bond acceptors (Lipinski definition) is 4. The van der Waals surface area contributed by atoms with Crippen LogP contribution in [0, 0.1) is 13.8 Å². The summed E-state index contributed by atoms with van der Waals surface area (Å²) in [6, 6.07) is 5.25. The third-order valence-corrected chi connectivity index (χ3v) is 5.27. The van der Waals surface area contributed by atoms with Crippen LogP contribution >= 0.6 is 0 Å². The van der Waals surface area contributed by atoms with Gasteiger partial charge in [0, 0.05) is 5.92 Å². The summed E-state index contributed by atoms with van der Waals surface area (Å²) in [5, 5.41) is 6.63. The molecule has 2 heterocycles. The normalized spacial score (nSPS) is 12.2. The van der Waals surface area contributed by atoms with Crippen LogP contribution in [-0.2, 0) is 10.0 Å². The number of fused-ring (bicyclic) bond motifs is 1. The van der Waals surface area contributed by atoms with Gasteiger partial charge in [0.25, 0.3) is 10.0 Å². The largest absolute Gasteiger partial charge is 0.342 e. The van der Waals surface area contributed by atoms with Gasteiger partial charge < -0.3 is 4.98 Å². The second kappa shape index (κ2) is 5.38. The maximum absolute atomic E-state index is 12.6. The first-order valence-corrected chi connectivity index (χ1v) is 8.80. The van der Waals surface area contributed by atoms with Crippen LogP contribution in [0.5, 0.6) is 0 Å². The molecule has 0 fully saturated rings. The number of aromatic nitrogens is 4. The van der Waals surface area contributed by atoms with Crippen LogP contribution in [0.25, 0.3) is 11.0 Å². The van der Waals surface area contributed by atoms with Crippen molar-refractivity contribution in [1.29, 1.82) is 0 Å². The number of nitrogens with one attached hydrogen (secondary N) is 3. The summed E-state index contributed by atoms with van der Waals surface area (Å²) in [5.74, 6) is 1.15. The molecule has 3 rings (SSSR count). The zero-order chi connectivity index (χ0) is 16.8. The van der Waals surface area contributed by atoms with Gasteiger partial charge in [0.1, 0.15) is 10.7 Å². The smallest absolute Gasteiger partial charge is 0.265 e. The average molecular weight is 333 g/mol. The Morgan fingerprint density at radius 2 is 1.96 bits per heavy atom. The fourth-order valence-electron chi connectivity index (χ4n) is 2.51. The number of aromatic amines is 2. The van der Waals surface area contributed by atoms with Gasteiger partial charge in [0.2, 0.25) is 0 Å². The first-order chi connectivity index (χ1) is 10.8. The number of benzene rings is 1. The molecule has 0 amide bonds. The van der Waals surface area contributed by atoms with Crippen molar-refractivity contribution < 1.29 is 8.42 Å². The fraction of sp³-hybridized carbons (Fsp3) is 0.333. The van der Waals surface area contributed by atoms with E-state index in [1.807, 2.05) is 13.8 Å². The summed E-state index contributed by atoms with van der Waals surface area (Å²) in [5.41, 5.74) is 3.05. The number of anilines is 1. The van der Waals surface area contributed by atoms with E-state index in [2.05, 4.69) is 24.9 Å². The average Bonchev–Trinajstić information content (AvgIpc) is 3.01. The minimum atomic E-state index is -3.69. The highest BCUT2D eigenvalue weighted by Gasteiger charge is 2.22. The van der Waals surface area contributed by atoms with Gasteiger partial charge in [-0.05, 0) is 32.0 Å². The Kier molecular flexibility index (Phi) is 3.63. The third-order valence-electron chi connectivity index (χ3n) is 3.63. The highest BCUT2D eigenvalue weighted by Crippen LogP contribution is 2.24. The summed E-state index contributed by atoms with van der Waals surface area (Å²) in [4.78, 5) is 7.88. The topological polar surface area (TPSA) is 104 Å². The first kappa shape index (κ1) is 15.5. The quantitative estimate of drug-likeness (QED) is 0.683. The molecular formula is C15H19N5O2S. The van der Waals surface area contributed by atoms with E-state index in [1.54, 1.807) is 32.0 Å². The van der Waals surface area contributed by atoms with E-state index in [-0.39, 0.29) is 10.8 Å². The number of aryl methyl sites for hydroxylation is 2. The molecule has 1 aromatic carbocycles. The van der Waals surface area contributed by atoms with Crippen molar-refractivity contribution in [3.05, 3.63) is 35.4 Å². The van der Waals surface area contributed by atoms with Crippen molar-refractivity contribution in [3.63, 3.8) is 0 Å². The van der Waals surface area contributed by atoms with Crippen molar-refractivity contribution in [2.75, 3.05) is 4.72 Å². The summed E-state index contributed by atoms with van der Waals surface area (Å²) >= 11 is 0. The number of sulfonamides is 1. The second-order valence-corrected chi connectivity index (χ2v) is 7.50. The molecule has 0 saturated carbocycles. The lowest BCUT2D eigenvalue weighted by molar-refractivity contribution is 0.600. The number of hydrogen-bond donors (Lipinski definition) is 3. The molecule has 122 valence electrons. The van der Waals surface area contributed by atoms with E-state index in [4.69, 9.17) is 0 Å². The lowest BCUT2D eigenvalue weighted by Crippen LogP contribution is -2.14. The van der Waals surface area contributed by atoms with Crippen LogP contribution in [0.1, 0.15) is 37.0 Å². The zero-order valence-corrected chi connectivity index (χ0v) is 14.2. The van der Waals surface area contributed by atoms with Gasteiger partial charge in [-0.25, -0.2) is 13.4 Å². The van der Waals surface area contributed by atoms with Crippen LogP contribution in [-0.4, -0.2) is 28.6 Å². The van der Waals surface area contributed by atoms with Gasteiger partial charge in [-0.2, -0.15) is 5.10 Å². The first-order valence-electron chi connectivity index (χ1n) is 7.32. The molecule has 0 saturated heterocycles. The molecule has 23 heavy (non-hydrogen) atoms. The van der Waals surface area contributed by atoms with E-state index in [0.29, 0.717) is 17.1 Å². The molecule has 2 aromatic heterocycles. The van der Waals surface area contributed by atoms with Crippen LogP contribution in [0.3, 0.4) is 0 Å². The molecular weight excluding hydrogens is 314 g/mol. The Labute approximate surface area is 134 Å². The van der Waals surface area contributed by atoms with Crippen molar-refractivity contribution >= 4 is 26.7 Å². The van der Waals surface area contributed by atoms with Crippen molar-refractivity contribution in [2.24, 2.45) is 0 Å². The summed E-state index contributed by atoms with van der Waals surface area (Å²) in [6.45, 7) is 7.43. The molecule has 0 unspecified atom stereocenters. The molecule has 0 aliphatic heterocycles. The maximum Gasteiger partial charge on any atom is 0.265 e. The highest BCUT2D eigenvalue weighted by molar-refractivity contribution is 7.92. The molecule has 0 aliphatic carbocycles. The molecule has 8 heteroatoms. The predicted molar refractivity (Wildman–Crippen MR) is 89.1 cm³/mol. The monoisotopic (exact) mass is 333 g/mol. The number of H-pyrrole nitrogens is 2. The van der Waals surface area contributed by atoms with Gasteiger partial charge in [-0.3, -0.25) is 9.82 Å². The summed E-state index contributed by atoms with van der Waals surface area (Å²) in [6.07, 6.45) is 0. The molecule has 3 aromatic rings. The Hall–Kier alpha value is -2.35. The summed E-state index contributed by atoms with van der Waals surface area (Å²) < 4.78 is 27.7. The van der Waals surface area contributed by atoms with Crippen molar-refractivity contribution in [1.82, 2.24) is 20.2 Å². The molecule has 0 aliphatic rings. The molecule has 3 N–H and O–H groups in total. The van der Waals surface area contributed by atoms with Gasteiger partial charge in [-0.15, -0.1) is 0 Å². The molecule has 0 spiro atoms. The van der Waals surface area contributed by atoms with E-state index in [0.717, 1.165) is 16.9 Å². The predicted octanol–water partition coefficient (Wildman–Crippen LogP) is 2.83. The number of rotatable bonds is 4. The van der Waals surface area contributed by atoms with E-state index >= 15 is 0 Å². The maximum atomic E-state index is 12.6. The van der Waals surface area contributed by atoms with Crippen molar-refractivity contribution in [3.8, 4) is 0 Å². The Balaban J connectivity index is 1.98. The SMILES string of the molecule is Cc1n[nH]c(C)c1S(=O)(=O)Nc1ccc2nc(C(C)C)[nH]c2c1. The third kappa shape index (κ3) is 2.81. The van der Waals surface area contributed by atoms with Crippen LogP contribution in [0.4, 0.5) is 5.69 Å². The molecule has 0 bridgehead atoms. The van der Waals surface area contributed by atoms with Gasteiger partial charge in [0.05, 0.1) is 28.1 Å². The standard InChI is InChI=1S/C15H19N5O2S/c1-8(2)15-16-12-6-5-11(7-13(12)17-15)20-23(21,22)14-9(3)18-19-10(14)4/h5-8,20H,1-4H3,(H,16,17)(H,18,19). The number of imidazole rings is 1. The van der Waals surface area contributed by atoms with E-state index in [1.165, 1.54) is 0 Å². The molecule has 0 atom stereocenters. The van der Waals surface area contributed by atoms with Crippen molar-refractivity contribution in [2.45, 2.75) is 38.5 Å². The Morgan fingerprint density at radius 1 is 1.22 bits per heavy atom. The minimum Gasteiger partial charge on any atom is -0.342 e. The number of nitrogens with zero attached hydrogens (tertiary/aromatic N) is 2.